The molecule has 0 aliphatic carbocycles. The van der Waals surface area contributed by atoms with E-state index >= 15 is 0 Å². The average molecular weight is 251 g/mol. The zero-order chi connectivity index (χ0) is 13.5. The Hall–Kier alpha value is -1.00. The van der Waals surface area contributed by atoms with E-state index in [1.165, 1.54) is 5.56 Å². The second-order valence-corrected chi connectivity index (χ2v) is 4.77. The lowest BCUT2D eigenvalue weighted by atomic mass is 9.90. The third kappa shape index (κ3) is 3.75. The van der Waals surface area contributed by atoms with Crippen LogP contribution in [0.4, 0.5) is 0 Å². The highest BCUT2D eigenvalue weighted by Crippen LogP contribution is 2.26. The predicted octanol–water partition coefficient (Wildman–Crippen LogP) is 2.28. The maximum atomic E-state index is 5.17. The summed E-state index contributed by atoms with van der Waals surface area (Å²) in [7, 11) is 3.75. The van der Waals surface area contributed by atoms with Crippen molar-refractivity contribution in [2.24, 2.45) is 5.92 Å². The van der Waals surface area contributed by atoms with E-state index in [0.29, 0.717) is 12.0 Å². The van der Waals surface area contributed by atoms with Crippen LogP contribution in [0, 0.1) is 12.8 Å². The van der Waals surface area contributed by atoms with Gasteiger partial charge >= 0.3 is 0 Å². The highest BCUT2D eigenvalue weighted by atomic mass is 16.5. The third-order valence-electron chi connectivity index (χ3n) is 3.35. The summed E-state index contributed by atoms with van der Waals surface area (Å²) in [5, 5.41) is 11.9. The SMILES string of the molecule is CCc1nnc(C)cc1C(NC)C(C)CCOC. The fraction of sp³-hybridized carbons (Fsp3) is 0.714. The number of hydrogen-bond donors (Lipinski definition) is 1. The van der Waals surface area contributed by atoms with Crippen LogP contribution in [-0.2, 0) is 11.2 Å². The van der Waals surface area contributed by atoms with Gasteiger partial charge in [0, 0.05) is 19.8 Å². The Morgan fingerprint density at radius 2 is 2.11 bits per heavy atom. The fourth-order valence-electron chi connectivity index (χ4n) is 2.30. The molecule has 18 heavy (non-hydrogen) atoms. The first-order chi connectivity index (χ1) is 8.63. The Labute approximate surface area is 110 Å². The van der Waals surface area contributed by atoms with Crippen molar-refractivity contribution < 1.29 is 4.74 Å². The van der Waals surface area contributed by atoms with Crippen molar-refractivity contribution in [2.45, 2.75) is 39.7 Å². The normalized spacial score (nSPS) is 14.5. The van der Waals surface area contributed by atoms with Gasteiger partial charge in [-0.2, -0.15) is 10.2 Å². The molecule has 0 saturated heterocycles. The molecule has 0 aliphatic heterocycles. The summed E-state index contributed by atoms with van der Waals surface area (Å²) in [4.78, 5) is 0. The van der Waals surface area contributed by atoms with Gasteiger partial charge in [-0.25, -0.2) is 0 Å². The van der Waals surface area contributed by atoms with Crippen LogP contribution in [-0.4, -0.2) is 31.0 Å². The third-order valence-corrected chi connectivity index (χ3v) is 3.35. The second-order valence-electron chi connectivity index (χ2n) is 4.77. The lowest BCUT2D eigenvalue weighted by Crippen LogP contribution is -2.26. The van der Waals surface area contributed by atoms with E-state index in [1.807, 2.05) is 14.0 Å². The van der Waals surface area contributed by atoms with Crippen molar-refractivity contribution in [1.82, 2.24) is 15.5 Å². The van der Waals surface area contributed by atoms with Crippen molar-refractivity contribution in [3.63, 3.8) is 0 Å². The number of rotatable bonds is 7. The van der Waals surface area contributed by atoms with Crippen LogP contribution < -0.4 is 5.32 Å². The van der Waals surface area contributed by atoms with Crippen LogP contribution in [0.2, 0.25) is 0 Å². The first kappa shape index (κ1) is 15.1. The lowest BCUT2D eigenvalue weighted by molar-refractivity contribution is 0.171. The number of methoxy groups -OCH3 is 1. The van der Waals surface area contributed by atoms with Crippen LogP contribution >= 0.6 is 0 Å². The number of ether oxygens (including phenoxy) is 1. The van der Waals surface area contributed by atoms with Gasteiger partial charge in [0.1, 0.15) is 0 Å². The fourth-order valence-corrected chi connectivity index (χ4v) is 2.30. The zero-order valence-electron chi connectivity index (χ0n) is 12.2. The molecule has 4 nitrogen and oxygen atoms in total. The standard InChI is InChI=1S/C14H25N3O/c1-6-13-12(9-11(3)16-17-13)14(15-4)10(2)7-8-18-5/h9-10,14-15H,6-8H2,1-5H3. The van der Waals surface area contributed by atoms with E-state index in [1.54, 1.807) is 7.11 Å². The van der Waals surface area contributed by atoms with Crippen LogP contribution in [0.25, 0.3) is 0 Å². The summed E-state index contributed by atoms with van der Waals surface area (Å²) in [6, 6.07) is 2.46. The summed E-state index contributed by atoms with van der Waals surface area (Å²) in [5.74, 6) is 0.504. The van der Waals surface area contributed by atoms with E-state index in [0.717, 1.165) is 30.8 Å². The van der Waals surface area contributed by atoms with Crippen LogP contribution in [0.3, 0.4) is 0 Å². The molecule has 0 radical (unpaired) electrons. The summed E-state index contributed by atoms with van der Waals surface area (Å²) in [6.07, 6.45) is 1.95. The van der Waals surface area contributed by atoms with Gasteiger partial charge in [-0.05, 0) is 44.4 Å². The van der Waals surface area contributed by atoms with Gasteiger partial charge in [0.05, 0.1) is 11.4 Å². The minimum absolute atomic E-state index is 0.310. The van der Waals surface area contributed by atoms with E-state index in [4.69, 9.17) is 4.74 Å². The lowest BCUT2D eigenvalue weighted by Gasteiger charge is -2.25. The predicted molar refractivity (Wildman–Crippen MR) is 73.6 cm³/mol. The molecule has 0 fully saturated rings. The number of nitrogens with zero attached hydrogens (tertiary/aromatic N) is 2. The molecule has 0 bridgehead atoms. The summed E-state index contributed by atoms with van der Waals surface area (Å²) >= 11 is 0. The van der Waals surface area contributed by atoms with Gasteiger partial charge in [-0.15, -0.1) is 0 Å². The topological polar surface area (TPSA) is 47.0 Å². The Balaban J connectivity index is 2.96. The largest absolute Gasteiger partial charge is 0.385 e. The minimum atomic E-state index is 0.310. The Kier molecular flexibility index (Phi) is 6.22. The molecule has 4 heteroatoms. The first-order valence-corrected chi connectivity index (χ1v) is 6.63. The van der Waals surface area contributed by atoms with Crippen molar-refractivity contribution in [1.29, 1.82) is 0 Å². The van der Waals surface area contributed by atoms with Crippen LogP contribution in [0.5, 0.6) is 0 Å². The van der Waals surface area contributed by atoms with Gasteiger partial charge in [0.25, 0.3) is 0 Å². The van der Waals surface area contributed by atoms with Crippen molar-refractivity contribution in [2.75, 3.05) is 20.8 Å². The van der Waals surface area contributed by atoms with Crippen LogP contribution in [0.1, 0.15) is 43.3 Å². The van der Waals surface area contributed by atoms with Gasteiger partial charge in [0.2, 0.25) is 0 Å². The number of aromatic nitrogens is 2. The first-order valence-electron chi connectivity index (χ1n) is 6.63. The molecule has 102 valence electrons. The molecule has 0 aromatic carbocycles. The van der Waals surface area contributed by atoms with E-state index < -0.39 is 0 Å². The van der Waals surface area contributed by atoms with Gasteiger partial charge in [-0.1, -0.05) is 13.8 Å². The number of nitrogens with one attached hydrogen (secondary N) is 1. The maximum Gasteiger partial charge on any atom is 0.0676 e. The Morgan fingerprint density at radius 3 is 2.67 bits per heavy atom. The highest BCUT2D eigenvalue weighted by molar-refractivity contribution is 5.25. The van der Waals surface area contributed by atoms with E-state index in [2.05, 4.69) is 35.4 Å². The Morgan fingerprint density at radius 1 is 1.39 bits per heavy atom. The molecule has 0 saturated carbocycles. The summed E-state index contributed by atoms with van der Waals surface area (Å²) in [6.45, 7) is 7.14. The molecule has 2 unspecified atom stereocenters. The smallest absolute Gasteiger partial charge is 0.0676 e. The monoisotopic (exact) mass is 251 g/mol. The van der Waals surface area contributed by atoms with E-state index in [9.17, 15) is 0 Å². The molecule has 0 amide bonds. The minimum Gasteiger partial charge on any atom is -0.385 e. The molecule has 1 aromatic heterocycles. The summed E-state index contributed by atoms with van der Waals surface area (Å²) < 4.78 is 5.17. The van der Waals surface area contributed by atoms with Crippen LogP contribution in [0.15, 0.2) is 6.07 Å². The second kappa shape index (κ2) is 7.44. The molecule has 1 N–H and O–H groups in total. The molecule has 1 heterocycles. The average Bonchev–Trinajstić information content (AvgIpc) is 2.37. The quantitative estimate of drug-likeness (QED) is 0.807. The van der Waals surface area contributed by atoms with Crippen molar-refractivity contribution in [3.05, 3.63) is 23.0 Å². The molecule has 0 spiro atoms. The molecule has 1 aromatic rings. The van der Waals surface area contributed by atoms with E-state index in [-0.39, 0.29) is 0 Å². The maximum absolute atomic E-state index is 5.17. The zero-order valence-corrected chi connectivity index (χ0v) is 12.2. The number of hydrogen-bond acceptors (Lipinski definition) is 4. The molecule has 0 aliphatic rings. The Bertz CT molecular complexity index is 368. The van der Waals surface area contributed by atoms with Gasteiger partial charge in [0.15, 0.2) is 0 Å². The summed E-state index contributed by atoms with van der Waals surface area (Å²) in [5.41, 5.74) is 3.33. The molecular formula is C14H25N3O. The molecule has 1 rings (SSSR count). The molecule has 2 atom stereocenters. The molecular weight excluding hydrogens is 226 g/mol. The van der Waals surface area contributed by atoms with Crippen molar-refractivity contribution in [3.8, 4) is 0 Å². The van der Waals surface area contributed by atoms with Gasteiger partial charge in [-0.3, -0.25) is 0 Å². The highest BCUT2D eigenvalue weighted by Gasteiger charge is 2.21. The van der Waals surface area contributed by atoms with Crippen molar-refractivity contribution >= 4 is 0 Å². The number of aryl methyl sites for hydroxylation is 2. The van der Waals surface area contributed by atoms with Gasteiger partial charge < -0.3 is 10.1 Å².